The second kappa shape index (κ2) is 15.4. The van der Waals surface area contributed by atoms with Gasteiger partial charge in [0.15, 0.2) is 0 Å². The van der Waals surface area contributed by atoms with Crippen LogP contribution in [0.4, 0.5) is 0 Å². The Kier molecular flexibility index (Phi) is 14.6. The van der Waals surface area contributed by atoms with Crippen LogP contribution in [0, 0.1) is 11.8 Å². The van der Waals surface area contributed by atoms with Gasteiger partial charge < -0.3 is 26.8 Å². The van der Waals surface area contributed by atoms with Crippen molar-refractivity contribution in [1.82, 2.24) is 16.0 Å². The van der Waals surface area contributed by atoms with E-state index in [-0.39, 0.29) is 24.0 Å². The fourth-order valence-corrected chi connectivity index (χ4v) is 3.54. The molecule has 3 amide bonds. The first kappa shape index (κ1) is 29.5. The van der Waals surface area contributed by atoms with Crippen molar-refractivity contribution < 1.29 is 24.3 Å². The Morgan fingerprint density at radius 1 is 0.871 bits per heavy atom. The fourth-order valence-electron chi connectivity index (χ4n) is 2.79. The highest BCUT2D eigenvalue weighted by atomic mass is 32.2. The number of carboxylic acids is 1. The minimum Gasteiger partial charge on any atom is -0.480 e. The normalized spacial score (nSPS) is 15.1. The predicted molar refractivity (Wildman–Crippen MR) is 127 cm³/mol. The number of hydrogen-bond donors (Lipinski definition) is 6. The lowest BCUT2D eigenvalue weighted by molar-refractivity contribution is -0.142. The Balaban J connectivity index is 5.21. The average molecular weight is 479 g/mol. The highest BCUT2D eigenvalue weighted by Crippen LogP contribution is 2.09. The van der Waals surface area contributed by atoms with E-state index in [9.17, 15) is 24.3 Å². The summed E-state index contributed by atoms with van der Waals surface area (Å²) in [5.41, 5.74) is 5.84. The molecule has 0 aromatic rings. The van der Waals surface area contributed by atoms with Crippen LogP contribution >= 0.6 is 24.4 Å². The molecule has 0 saturated carbocycles. The monoisotopic (exact) mass is 478 g/mol. The van der Waals surface area contributed by atoms with Gasteiger partial charge in [0.05, 0.1) is 6.04 Å². The van der Waals surface area contributed by atoms with Crippen molar-refractivity contribution in [2.75, 3.05) is 17.8 Å². The van der Waals surface area contributed by atoms with Gasteiger partial charge in [-0.15, -0.1) is 0 Å². The first-order chi connectivity index (χ1) is 14.4. The van der Waals surface area contributed by atoms with E-state index >= 15 is 0 Å². The SMILES string of the molecule is CSCCC(N)C(=O)NC(CS)C(=O)NC(CC(C)C)C(=O)NC(CC(C)C)C(=O)O. The maximum absolute atomic E-state index is 12.8. The molecule has 0 aromatic heterocycles. The number of thiol groups is 1. The Labute approximate surface area is 194 Å². The van der Waals surface area contributed by atoms with Crippen LogP contribution in [0.1, 0.15) is 47.0 Å². The number of aliphatic carboxylic acids is 1. The van der Waals surface area contributed by atoms with Crippen LogP contribution in [0.15, 0.2) is 0 Å². The number of carbonyl (C=O) groups is 4. The van der Waals surface area contributed by atoms with E-state index < -0.39 is 47.9 Å². The summed E-state index contributed by atoms with van der Waals surface area (Å²) in [6.07, 6.45) is 2.96. The zero-order valence-electron chi connectivity index (χ0n) is 19.0. The number of amides is 3. The van der Waals surface area contributed by atoms with Crippen LogP contribution < -0.4 is 21.7 Å². The smallest absolute Gasteiger partial charge is 0.326 e. The maximum Gasteiger partial charge on any atom is 0.326 e. The molecule has 4 unspecified atom stereocenters. The van der Waals surface area contributed by atoms with Gasteiger partial charge in [-0.1, -0.05) is 27.7 Å². The van der Waals surface area contributed by atoms with Gasteiger partial charge in [0.1, 0.15) is 18.1 Å². The molecular formula is C20H38N4O5S2. The summed E-state index contributed by atoms with van der Waals surface area (Å²) >= 11 is 5.70. The van der Waals surface area contributed by atoms with E-state index in [4.69, 9.17) is 5.73 Å². The van der Waals surface area contributed by atoms with Crippen LogP contribution in [0.25, 0.3) is 0 Å². The summed E-state index contributed by atoms with van der Waals surface area (Å²) in [6.45, 7) is 7.49. The molecule has 0 bridgehead atoms. The third-order valence-electron chi connectivity index (χ3n) is 4.45. The van der Waals surface area contributed by atoms with E-state index in [0.29, 0.717) is 18.6 Å². The van der Waals surface area contributed by atoms with E-state index in [1.54, 1.807) is 11.8 Å². The van der Waals surface area contributed by atoms with Crippen molar-refractivity contribution in [3.05, 3.63) is 0 Å². The van der Waals surface area contributed by atoms with Crippen LogP contribution in [0.5, 0.6) is 0 Å². The third kappa shape index (κ3) is 12.2. The fraction of sp³-hybridized carbons (Fsp3) is 0.800. The van der Waals surface area contributed by atoms with Gasteiger partial charge in [0.25, 0.3) is 0 Å². The summed E-state index contributed by atoms with van der Waals surface area (Å²) in [5.74, 6) is -1.87. The number of nitrogens with one attached hydrogen (secondary N) is 3. The Morgan fingerprint density at radius 2 is 1.32 bits per heavy atom. The van der Waals surface area contributed by atoms with Crippen LogP contribution in [-0.4, -0.2) is 70.7 Å². The van der Waals surface area contributed by atoms with Crippen molar-refractivity contribution in [1.29, 1.82) is 0 Å². The standard InChI is InChI=1S/C20H38N4O5S2/c1-11(2)8-14(18(26)23-15(20(28)29)9-12(3)4)22-19(27)16(10-30)24-17(25)13(21)6-7-31-5/h11-16,30H,6-10,21H2,1-5H3,(H,22,27)(H,23,26)(H,24,25)(H,28,29). The second-order valence-electron chi connectivity index (χ2n) is 8.35. The highest BCUT2D eigenvalue weighted by Gasteiger charge is 2.30. The summed E-state index contributed by atoms with van der Waals surface area (Å²) in [7, 11) is 0. The summed E-state index contributed by atoms with van der Waals surface area (Å²) in [4.78, 5) is 49.2. The molecule has 0 rings (SSSR count). The van der Waals surface area contributed by atoms with E-state index in [1.807, 2.05) is 34.0 Å². The molecule has 0 aliphatic carbocycles. The lowest BCUT2D eigenvalue weighted by Crippen LogP contribution is -2.58. The molecule has 0 aliphatic rings. The molecule has 6 N–H and O–H groups in total. The van der Waals surface area contributed by atoms with Crippen LogP contribution in [0.2, 0.25) is 0 Å². The van der Waals surface area contributed by atoms with Crippen molar-refractivity contribution >= 4 is 48.1 Å². The molecule has 0 spiro atoms. The van der Waals surface area contributed by atoms with Crippen molar-refractivity contribution in [2.45, 2.75) is 71.1 Å². The first-order valence-corrected chi connectivity index (χ1v) is 12.4. The van der Waals surface area contributed by atoms with E-state index in [2.05, 4.69) is 28.6 Å². The number of rotatable bonds is 15. The Bertz CT molecular complexity index is 604. The lowest BCUT2D eigenvalue weighted by Gasteiger charge is -2.26. The highest BCUT2D eigenvalue weighted by molar-refractivity contribution is 7.98. The third-order valence-corrected chi connectivity index (χ3v) is 5.46. The minimum absolute atomic E-state index is 0.0218. The van der Waals surface area contributed by atoms with Crippen LogP contribution in [-0.2, 0) is 19.2 Å². The number of nitrogens with two attached hydrogens (primary N) is 1. The largest absolute Gasteiger partial charge is 0.480 e. The average Bonchev–Trinajstić information content (AvgIpc) is 2.67. The number of hydrogen-bond acceptors (Lipinski definition) is 7. The van der Waals surface area contributed by atoms with Crippen molar-refractivity contribution in [3.63, 3.8) is 0 Å². The molecule has 4 atom stereocenters. The van der Waals surface area contributed by atoms with Gasteiger partial charge >= 0.3 is 5.97 Å². The van der Waals surface area contributed by atoms with Gasteiger partial charge in [-0.3, -0.25) is 14.4 Å². The van der Waals surface area contributed by atoms with Crippen LogP contribution in [0.3, 0.4) is 0 Å². The van der Waals surface area contributed by atoms with Gasteiger partial charge in [0.2, 0.25) is 17.7 Å². The molecule has 180 valence electrons. The Hall–Kier alpha value is -1.46. The van der Waals surface area contributed by atoms with Gasteiger partial charge in [-0.05, 0) is 43.1 Å². The molecule has 9 nitrogen and oxygen atoms in total. The molecule has 0 heterocycles. The summed E-state index contributed by atoms with van der Waals surface area (Å²) in [6, 6.07) is -3.70. The Morgan fingerprint density at radius 3 is 1.77 bits per heavy atom. The van der Waals surface area contributed by atoms with Crippen molar-refractivity contribution in [2.24, 2.45) is 17.6 Å². The number of carbonyl (C=O) groups excluding carboxylic acids is 3. The topological polar surface area (TPSA) is 151 Å². The molecule has 0 aromatic carbocycles. The zero-order chi connectivity index (χ0) is 24.1. The molecule has 0 saturated heterocycles. The summed E-state index contributed by atoms with van der Waals surface area (Å²) < 4.78 is 0. The van der Waals surface area contributed by atoms with E-state index in [0.717, 1.165) is 0 Å². The van der Waals surface area contributed by atoms with Crippen molar-refractivity contribution in [3.8, 4) is 0 Å². The van der Waals surface area contributed by atoms with E-state index in [1.165, 1.54) is 0 Å². The number of thioether (sulfide) groups is 1. The first-order valence-electron chi connectivity index (χ1n) is 10.4. The van der Waals surface area contributed by atoms with Gasteiger partial charge in [-0.2, -0.15) is 24.4 Å². The molecule has 0 fully saturated rings. The molecule has 0 aliphatic heterocycles. The molecule has 11 heteroatoms. The number of carboxylic acid groups (broad SMARTS) is 1. The minimum atomic E-state index is -1.13. The molecular weight excluding hydrogens is 440 g/mol. The molecule has 31 heavy (non-hydrogen) atoms. The summed E-state index contributed by atoms with van der Waals surface area (Å²) in [5, 5.41) is 17.1. The molecule has 0 radical (unpaired) electrons. The quantitative estimate of drug-likeness (QED) is 0.189. The maximum atomic E-state index is 12.8. The lowest BCUT2D eigenvalue weighted by atomic mass is 10.0. The second-order valence-corrected chi connectivity index (χ2v) is 9.70. The predicted octanol–water partition coefficient (Wildman–Crippen LogP) is 0.628. The zero-order valence-corrected chi connectivity index (χ0v) is 20.7. The van der Waals surface area contributed by atoms with Gasteiger partial charge in [-0.25, -0.2) is 4.79 Å². The van der Waals surface area contributed by atoms with Gasteiger partial charge in [0, 0.05) is 5.75 Å².